The number of carbonyl (C=O) groups excluding carboxylic acids is 2. The number of carbonyl (C=O) groups is 2. The van der Waals surface area contributed by atoms with E-state index in [1.165, 1.54) is 25.2 Å². The monoisotopic (exact) mass is 397 g/mol. The first-order chi connectivity index (χ1) is 12.8. The second-order valence-corrected chi connectivity index (χ2v) is 8.35. The molecule has 2 rings (SSSR count). The number of amides is 1. The summed E-state index contributed by atoms with van der Waals surface area (Å²) in [7, 11) is 1.27. The molecule has 1 aliphatic heterocycles. The molecular formula is C18H23NO7S. The number of sulfone groups is 1. The first-order valence-corrected chi connectivity index (χ1v) is 10.1. The Morgan fingerprint density at radius 2 is 2.00 bits per heavy atom. The zero-order chi connectivity index (χ0) is 20.0. The smallest absolute Gasteiger partial charge is 0.330 e. The van der Waals surface area contributed by atoms with Crippen LogP contribution in [0, 0.1) is 0 Å². The summed E-state index contributed by atoms with van der Waals surface area (Å²) in [6.07, 6.45) is 3.29. The standard InChI is InChI=1S/C18H23NO7S/c1-19(14-8-9-27(22,23)12-14)17(20)11-26-15-6-4-13(10-16(15)24-2)5-7-18(21)25-3/h4-7,10,14H,8-9,11-12H2,1-3H3/b7-5+/t14-/m1/s1. The molecule has 1 atom stereocenters. The quantitative estimate of drug-likeness (QED) is 0.498. The second kappa shape index (κ2) is 8.90. The van der Waals surface area contributed by atoms with E-state index in [1.807, 2.05) is 0 Å². The van der Waals surface area contributed by atoms with Crippen LogP contribution in [0.1, 0.15) is 12.0 Å². The van der Waals surface area contributed by atoms with E-state index in [4.69, 9.17) is 9.47 Å². The molecule has 1 fully saturated rings. The van der Waals surface area contributed by atoms with E-state index in [1.54, 1.807) is 31.3 Å². The Balaban J connectivity index is 1.99. The van der Waals surface area contributed by atoms with Gasteiger partial charge in [0.05, 0.1) is 25.7 Å². The average molecular weight is 397 g/mol. The van der Waals surface area contributed by atoms with E-state index >= 15 is 0 Å². The lowest BCUT2D eigenvalue weighted by molar-refractivity contribution is -0.135. The van der Waals surface area contributed by atoms with Crippen LogP contribution in [0.5, 0.6) is 11.5 Å². The van der Waals surface area contributed by atoms with Crippen molar-refractivity contribution < 1.29 is 32.2 Å². The lowest BCUT2D eigenvalue weighted by Crippen LogP contribution is -2.40. The Hall–Kier alpha value is -2.55. The minimum atomic E-state index is -3.06. The topological polar surface area (TPSA) is 99.2 Å². The van der Waals surface area contributed by atoms with Crippen molar-refractivity contribution in [3.05, 3.63) is 29.8 Å². The van der Waals surface area contributed by atoms with Gasteiger partial charge in [0.15, 0.2) is 27.9 Å². The first kappa shape index (κ1) is 20.8. The fourth-order valence-corrected chi connectivity index (χ4v) is 4.44. The maximum atomic E-state index is 12.3. The van der Waals surface area contributed by atoms with Crippen LogP contribution >= 0.6 is 0 Å². The molecule has 1 saturated heterocycles. The molecular weight excluding hydrogens is 374 g/mol. The first-order valence-electron chi connectivity index (χ1n) is 8.28. The molecule has 0 aliphatic carbocycles. The molecule has 27 heavy (non-hydrogen) atoms. The Kier molecular flexibility index (Phi) is 6.84. The van der Waals surface area contributed by atoms with Gasteiger partial charge in [-0.2, -0.15) is 0 Å². The Morgan fingerprint density at radius 1 is 1.26 bits per heavy atom. The van der Waals surface area contributed by atoms with Crippen LogP contribution in [-0.4, -0.2) is 70.6 Å². The molecule has 148 valence electrons. The van der Waals surface area contributed by atoms with E-state index in [0.29, 0.717) is 23.5 Å². The largest absolute Gasteiger partial charge is 0.493 e. The predicted molar refractivity (Wildman–Crippen MR) is 99.4 cm³/mol. The lowest BCUT2D eigenvalue weighted by Gasteiger charge is -2.23. The highest BCUT2D eigenvalue weighted by Gasteiger charge is 2.32. The molecule has 0 N–H and O–H groups in total. The van der Waals surface area contributed by atoms with Crippen molar-refractivity contribution in [2.75, 3.05) is 39.4 Å². The van der Waals surface area contributed by atoms with Crippen LogP contribution in [0.15, 0.2) is 24.3 Å². The van der Waals surface area contributed by atoms with E-state index in [9.17, 15) is 18.0 Å². The summed E-state index contributed by atoms with van der Waals surface area (Å²) in [5.41, 5.74) is 0.698. The normalized spacial score (nSPS) is 18.3. The van der Waals surface area contributed by atoms with Crippen molar-refractivity contribution in [1.82, 2.24) is 4.90 Å². The number of methoxy groups -OCH3 is 2. The van der Waals surface area contributed by atoms with Gasteiger partial charge in [0.2, 0.25) is 0 Å². The number of benzene rings is 1. The summed E-state index contributed by atoms with van der Waals surface area (Å²) in [5, 5.41) is 0. The van der Waals surface area contributed by atoms with Crippen LogP contribution in [0.25, 0.3) is 6.08 Å². The van der Waals surface area contributed by atoms with Gasteiger partial charge in [0.1, 0.15) is 0 Å². The molecule has 9 heteroatoms. The number of ether oxygens (including phenoxy) is 3. The third-order valence-electron chi connectivity index (χ3n) is 4.30. The van der Waals surface area contributed by atoms with E-state index in [-0.39, 0.29) is 30.1 Å². The summed E-state index contributed by atoms with van der Waals surface area (Å²) < 4.78 is 38.5. The van der Waals surface area contributed by atoms with Gasteiger partial charge >= 0.3 is 5.97 Å². The van der Waals surface area contributed by atoms with Crippen LogP contribution in [-0.2, 0) is 24.2 Å². The molecule has 8 nitrogen and oxygen atoms in total. The van der Waals surface area contributed by atoms with Gasteiger partial charge in [0.25, 0.3) is 5.91 Å². The predicted octanol–water partition coefficient (Wildman–Crippen LogP) is 0.906. The fraction of sp³-hybridized carbons (Fsp3) is 0.444. The maximum Gasteiger partial charge on any atom is 0.330 e. The Bertz CT molecular complexity index is 832. The Morgan fingerprint density at radius 3 is 2.59 bits per heavy atom. The van der Waals surface area contributed by atoms with Crippen molar-refractivity contribution >= 4 is 27.8 Å². The molecule has 1 aromatic rings. The fourth-order valence-electron chi connectivity index (χ4n) is 2.67. The van der Waals surface area contributed by atoms with Gasteiger partial charge in [-0.1, -0.05) is 6.07 Å². The highest BCUT2D eigenvalue weighted by atomic mass is 32.2. The number of likely N-dealkylation sites (N-methyl/N-ethyl adjacent to an activating group) is 1. The van der Waals surface area contributed by atoms with Crippen LogP contribution in [0.4, 0.5) is 0 Å². The van der Waals surface area contributed by atoms with Gasteiger partial charge in [-0.25, -0.2) is 13.2 Å². The number of hydrogen-bond acceptors (Lipinski definition) is 7. The van der Waals surface area contributed by atoms with Crippen molar-refractivity contribution in [1.29, 1.82) is 0 Å². The summed E-state index contributed by atoms with van der Waals surface area (Å²) in [5.74, 6) is 0.0738. The van der Waals surface area contributed by atoms with Gasteiger partial charge < -0.3 is 19.1 Å². The van der Waals surface area contributed by atoms with E-state index in [2.05, 4.69) is 4.74 Å². The molecule has 1 aliphatic rings. The summed E-state index contributed by atoms with van der Waals surface area (Å²) >= 11 is 0. The molecule has 0 aromatic heterocycles. The zero-order valence-electron chi connectivity index (χ0n) is 15.5. The van der Waals surface area contributed by atoms with Gasteiger partial charge in [-0.15, -0.1) is 0 Å². The molecule has 1 aromatic carbocycles. The average Bonchev–Trinajstić information content (AvgIpc) is 3.03. The van der Waals surface area contributed by atoms with E-state index < -0.39 is 15.8 Å². The summed E-state index contributed by atoms with van der Waals surface area (Å²) in [6, 6.07) is 4.67. The van der Waals surface area contributed by atoms with Crippen LogP contribution in [0.2, 0.25) is 0 Å². The molecule has 0 bridgehead atoms. The maximum absolute atomic E-state index is 12.3. The van der Waals surface area contributed by atoms with Crippen molar-refractivity contribution in [2.24, 2.45) is 0 Å². The van der Waals surface area contributed by atoms with Crippen molar-refractivity contribution in [2.45, 2.75) is 12.5 Å². The van der Waals surface area contributed by atoms with Crippen molar-refractivity contribution in [3.63, 3.8) is 0 Å². The Labute approximate surface area is 158 Å². The third-order valence-corrected chi connectivity index (χ3v) is 6.05. The summed E-state index contributed by atoms with van der Waals surface area (Å²) in [4.78, 5) is 24.9. The minimum absolute atomic E-state index is 0.0141. The molecule has 1 heterocycles. The molecule has 0 radical (unpaired) electrons. The molecule has 1 amide bonds. The minimum Gasteiger partial charge on any atom is -0.493 e. The number of nitrogens with zero attached hydrogens (tertiary/aromatic N) is 1. The number of rotatable bonds is 7. The zero-order valence-corrected chi connectivity index (χ0v) is 16.3. The molecule has 0 spiro atoms. The number of esters is 1. The SMILES string of the molecule is COC(=O)/C=C/c1ccc(OCC(=O)N(C)[C@@H]2CCS(=O)(=O)C2)c(OC)c1. The number of hydrogen-bond donors (Lipinski definition) is 0. The lowest BCUT2D eigenvalue weighted by atomic mass is 10.2. The van der Waals surface area contributed by atoms with E-state index in [0.717, 1.165) is 0 Å². The highest BCUT2D eigenvalue weighted by molar-refractivity contribution is 7.91. The summed E-state index contributed by atoms with van der Waals surface area (Å²) in [6.45, 7) is -0.235. The third kappa shape index (κ3) is 5.72. The highest BCUT2D eigenvalue weighted by Crippen LogP contribution is 2.28. The van der Waals surface area contributed by atoms with Crippen LogP contribution in [0.3, 0.4) is 0 Å². The van der Waals surface area contributed by atoms with Gasteiger partial charge in [0, 0.05) is 19.2 Å². The van der Waals surface area contributed by atoms with Gasteiger partial charge in [-0.05, 0) is 30.2 Å². The van der Waals surface area contributed by atoms with Gasteiger partial charge in [-0.3, -0.25) is 4.79 Å². The van der Waals surface area contributed by atoms with Crippen LogP contribution < -0.4 is 9.47 Å². The molecule has 0 unspecified atom stereocenters. The second-order valence-electron chi connectivity index (χ2n) is 6.12. The molecule has 0 saturated carbocycles. The van der Waals surface area contributed by atoms with Crippen molar-refractivity contribution in [3.8, 4) is 11.5 Å².